The highest BCUT2D eigenvalue weighted by molar-refractivity contribution is 7.10. The summed E-state index contributed by atoms with van der Waals surface area (Å²) < 4.78 is 1.70. The van der Waals surface area contributed by atoms with Gasteiger partial charge in [0.1, 0.15) is 5.01 Å². The van der Waals surface area contributed by atoms with Gasteiger partial charge in [-0.25, -0.2) is 4.98 Å². The molecule has 22 heavy (non-hydrogen) atoms. The van der Waals surface area contributed by atoms with E-state index in [-0.39, 0.29) is 11.9 Å². The fraction of sp³-hybridized carbons (Fsp3) is 0.267. The van der Waals surface area contributed by atoms with Crippen LogP contribution in [0.2, 0.25) is 0 Å². The third-order valence-corrected chi connectivity index (χ3v) is 5.31. The van der Waals surface area contributed by atoms with E-state index in [1.165, 1.54) is 4.88 Å². The smallest absolute Gasteiger partial charge is 0.255 e. The molecule has 7 heteroatoms. The van der Waals surface area contributed by atoms with E-state index in [9.17, 15) is 4.79 Å². The molecule has 0 saturated heterocycles. The number of carbonyl (C=O) groups excluding carboxylic acids is 1. The lowest BCUT2D eigenvalue weighted by molar-refractivity contribution is 0.0936. The van der Waals surface area contributed by atoms with Crippen molar-refractivity contribution in [3.05, 3.63) is 56.4 Å². The number of hydrogen-bond donors (Lipinski definition) is 1. The molecule has 3 heterocycles. The van der Waals surface area contributed by atoms with Crippen LogP contribution in [0, 0.1) is 6.92 Å². The summed E-state index contributed by atoms with van der Waals surface area (Å²) in [6.07, 6.45) is 4.12. The van der Waals surface area contributed by atoms with Crippen molar-refractivity contribution < 1.29 is 4.79 Å². The van der Waals surface area contributed by atoms with Crippen LogP contribution in [-0.4, -0.2) is 20.7 Å². The molecule has 5 nitrogen and oxygen atoms in total. The maximum atomic E-state index is 12.5. The maximum absolute atomic E-state index is 12.5. The molecule has 114 valence electrons. The lowest BCUT2D eigenvalue weighted by Crippen LogP contribution is -2.30. The number of thiophene rings is 1. The van der Waals surface area contributed by atoms with Crippen LogP contribution in [0.25, 0.3) is 0 Å². The summed E-state index contributed by atoms with van der Waals surface area (Å²) in [5, 5.41) is 12.1. The molecule has 0 unspecified atom stereocenters. The van der Waals surface area contributed by atoms with Crippen molar-refractivity contribution in [3.63, 3.8) is 0 Å². The van der Waals surface area contributed by atoms with E-state index in [0.29, 0.717) is 5.56 Å². The van der Waals surface area contributed by atoms with Crippen molar-refractivity contribution in [1.82, 2.24) is 20.1 Å². The van der Waals surface area contributed by atoms with Gasteiger partial charge >= 0.3 is 0 Å². The molecule has 0 spiro atoms. The quantitative estimate of drug-likeness (QED) is 0.781. The number of nitrogens with zero attached hydrogens (tertiary/aromatic N) is 3. The van der Waals surface area contributed by atoms with Gasteiger partial charge in [-0.15, -0.1) is 22.7 Å². The summed E-state index contributed by atoms with van der Waals surface area (Å²) in [6.45, 7) is 1.89. The zero-order valence-electron chi connectivity index (χ0n) is 12.3. The first-order chi connectivity index (χ1) is 10.6. The number of rotatable bonds is 5. The second-order valence-electron chi connectivity index (χ2n) is 4.95. The normalized spacial score (nSPS) is 12.3. The Morgan fingerprint density at radius 3 is 2.86 bits per heavy atom. The van der Waals surface area contributed by atoms with Crippen molar-refractivity contribution >= 4 is 28.6 Å². The summed E-state index contributed by atoms with van der Waals surface area (Å²) in [5.74, 6) is -0.109. The number of aryl methyl sites for hydroxylation is 1. The highest BCUT2D eigenvalue weighted by Crippen LogP contribution is 2.23. The Kier molecular flexibility index (Phi) is 4.35. The van der Waals surface area contributed by atoms with Gasteiger partial charge in [0.25, 0.3) is 5.91 Å². The molecule has 3 rings (SSSR count). The third-order valence-electron chi connectivity index (χ3n) is 3.52. The number of aromatic nitrogens is 3. The van der Waals surface area contributed by atoms with E-state index in [1.54, 1.807) is 39.7 Å². The van der Waals surface area contributed by atoms with Gasteiger partial charge in [-0.2, -0.15) is 5.10 Å². The van der Waals surface area contributed by atoms with E-state index in [0.717, 1.165) is 17.1 Å². The molecule has 0 aliphatic rings. The molecule has 1 amide bonds. The Hall–Kier alpha value is -1.99. The average molecular weight is 332 g/mol. The van der Waals surface area contributed by atoms with Crippen LogP contribution in [0.3, 0.4) is 0 Å². The Bertz CT molecular complexity index is 747. The fourth-order valence-corrected chi connectivity index (χ4v) is 3.64. The zero-order chi connectivity index (χ0) is 15.5. The van der Waals surface area contributed by atoms with Crippen LogP contribution in [0.15, 0.2) is 35.3 Å². The van der Waals surface area contributed by atoms with Crippen LogP contribution in [-0.2, 0) is 13.5 Å². The number of thiazole rings is 1. The largest absolute Gasteiger partial charge is 0.342 e. The highest BCUT2D eigenvalue weighted by Gasteiger charge is 2.21. The lowest BCUT2D eigenvalue weighted by atomic mass is 10.1. The van der Waals surface area contributed by atoms with E-state index < -0.39 is 0 Å². The molecular formula is C15H16N4OS2. The second-order valence-corrected chi connectivity index (χ2v) is 6.91. The first-order valence-corrected chi connectivity index (χ1v) is 8.62. The van der Waals surface area contributed by atoms with E-state index in [2.05, 4.69) is 21.5 Å². The number of carbonyl (C=O) groups is 1. The molecule has 3 aromatic rings. The summed E-state index contributed by atoms with van der Waals surface area (Å²) in [4.78, 5) is 18.1. The minimum Gasteiger partial charge on any atom is -0.342 e. The third kappa shape index (κ3) is 3.10. The number of amides is 1. The highest BCUT2D eigenvalue weighted by atomic mass is 32.1. The van der Waals surface area contributed by atoms with Crippen LogP contribution in [0.5, 0.6) is 0 Å². The van der Waals surface area contributed by atoms with E-state index in [4.69, 9.17) is 0 Å². The first kappa shape index (κ1) is 14.9. The Morgan fingerprint density at radius 1 is 1.41 bits per heavy atom. The molecule has 0 bridgehead atoms. The van der Waals surface area contributed by atoms with Gasteiger partial charge in [0.15, 0.2) is 0 Å². The minimum atomic E-state index is -0.120. The van der Waals surface area contributed by atoms with Gasteiger partial charge in [-0.1, -0.05) is 6.07 Å². The van der Waals surface area contributed by atoms with Gasteiger partial charge in [-0.3, -0.25) is 9.48 Å². The van der Waals surface area contributed by atoms with Crippen LogP contribution < -0.4 is 5.32 Å². The average Bonchev–Trinajstić information content (AvgIpc) is 3.23. The summed E-state index contributed by atoms with van der Waals surface area (Å²) in [6, 6.07) is 3.98. The van der Waals surface area contributed by atoms with Crippen molar-refractivity contribution in [2.45, 2.75) is 19.4 Å². The van der Waals surface area contributed by atoms with Crippen LogP contribution in [0.4, 0.5) is 0 Å². The maximum Gasteiger partial charge on any atom is 0.255 e. The SMILES string of the molecule is Cc1c(C(=O)N[C@H](Cc2cccs2)c2nccs2)cnn1C. The van der Waals surface area contributed by atoms with Crippen molar-refractivity contribution in [1.29, 1.82) is 0 Å². The molecule has 3 aromatic heterocycles. The second kappa shape index (κ2) is 6.41. The van der Waals surface area contributed by atoms with Gasteiger partial charge in [-0.05, 0) is 18.4 Å². The topological polar surface area (TPSA) is 59.8 Å². The number of hydrogen-bond acceptors (Lipinski definition) is 5. The molecule has 0 radical (unpaired) electrons. The predicted molar refractivity (Wildman–Crippen MR) is 88.3 cm³/mol. The monoisotopic (exact) mass is 332 g/mol. The molecule has 0 aliphatic heterocycles. The number of nitrogens with one attached hydrogen (secondary N) is 1. The fourth-order valence-electron chi connectivity index (χ4n) is 2.19. The summed E-state index contributed by atoms with van der Waals surface area (Å²) >= 11 is 3.25. The minimum absolute atomic E-state index is 0.109. The molecule has 0 aromatic carbocycles. The molecule has 0 saturated carbocycles. The van der Waals surface area contributed by atoms with Gasteiger partial charge in [0, 0.05) is 35.6 Å². The van der Waals surface area contributed by atoms with Crippen molar-refractivity contribution in [2.24, 2.45) is 7.05 Å². The Labute approximate surface area is 136 Å². The summed E-state index contributed by atoms with van der Waals surface area (Å²) in [5.41, 5.74) is 1.46. The standard InChI is InChI=1S/C15H16N4OS2/c1-10-12(9-17-19(10)2)14(20)18-13(15-16-5-7-22-15)8-11-4-3-6-21-11/h3-7,9,13H,8H2,1-2H3,(H,18,20)/t13-/m1/s1. The first-order valence-electron chi connectivity index (χ1n) is 6.86. The Morgan fingerprint density at radius 2 is 2.27 bits per heavy atom. The Balaban J connectivity index is 1.81. The zero-order valence-corrected chi connectivity index (χ0v) is 13.9. The molecule has 0 fully saturated rings. The molecule has 1 atom stereocenters. The van der Waals surface area contributed by atoms with Crippen LogP contribution in [0.1, 0.15) is 32.0 Å². The summed E-state index contributed by atoms with van der Waals surface area (Å²) in [7, 11) is 1.83. The van der Waals surface area contributed by atoms with Crippen molar-refractivity contribution in [2.75, 3.05) is 0 Å². The van der Waals surface area contributed by atoms with Gasteiger partial charge in [0.2, 0.25) is 0 Å². The van der Waals surface area contributed by atoms with E-state index in [1.807, 2.05) is 30.8 Å². The molecule has 1 N–H and O–H groups in total. The predicted octanol–water partition coefficient (Wildman–Crippen LogP) is 2.96. The lowest BCUT2D eigenvalue weighted by Gasteiger charge is -2.15. The van der Waals surface area contributed by atoms with Crippen LogP contribution >= 0.6 is 22.7 Å². The van der Waals surface area contributed by atoms with E-state index >= 15 is 0 Å². The van der Waals surface area contributed by atoms with Gasteiger partial charge < -0.3 is 5.32 Å². The van der Waals surface area contributed by atoms with Gasteiger partial charge in [0.05, 0.1) is 17.8 Å². The molecule has 0 aliphatic carbocycles. The molecular weight excluding hydrogens is 316 g/mol. The van der Waals surface area contributed by atoms with Crippen molar-refractivity contribution in [3.8, 4) is 0 Å².